The van der Waals surface area contributed by atoms with Crippen LogP contribution in [-0.2, 0) is 0 Å². The first-order valence-electron chi connectivity index (χ1n) is 8.98. The average molecular weight is 428 g/mol. The number of ether oxygens (including phenoxy) is 2. The Labute approximate surface area is 184 Å². The van der Waals surface area contributed by atoms with Crippen molar-refractivity contribution in [2.24, 2.45) is 0 Å². The summed E-state index contributed by atoms with van der Waals surface area (Å²) in [5, 5.41) is 19.2. The molecule has 0 aliphatic carbocycles. The maximum Gasteiger partial charge on any atom is 0.242 e. The van der Waals surface area contributed by atoms with Crippen LogP contribution in [0.5, 0.6) is 11.5 Å². The molecule has 0 bridgehead atoms. The van der Waals surface area contributed by atoms with Crippen molar-refractivity contribution in [1.82, 2.24) is 9.97 Å². The van der Waals surface area contributed by atoms with Crippen molar-refractivity contribution < 1.29 is 13.9 Å². The summed E-state index contributed by atoms with van der Waals surface area (Å²) in [5.41, 5.74) is 1.77. The summed E-state index contributed by atoms with van der Waals surface area (Å²) in [6.07, 6.45) is 3.20. The smallest absolute Gasteiger partial charge is 0.242 e. The highest BCUT2D eigenvalue weighted by Gasteiger charge is 2.13. The third-order valence-electron chi connectivity index (χ3n) is 4.14. The second kappa shape index (κ2) is 9.97. The van der Waals surface area contributed by atoms with E-state index in [1.807, 2.05) is 0 Å². The van der Waals surface area contributed by atoms with E-state index in [-0.39, 0.29) is 27.7 Å². The highest BCUT2D eigenvalue weighted by atomic mass is 32.1. The molecule has 8 heteroatoms. The lowest BCUT2D eigenvalue weighted by molar-refractivity contribution is 0.414. The average Bonchev–Trinajstić information content (AvgIpc) is 2.81. The highest BCUT2D eigenvalue weighted by Crippen LogP contribution is 2.23. The van der Waals surface area contributed by atoms with E-state index in [1.165, 1.54) is 0 Å². The van der Waals surface area contributed by atoms with E-state index in [4.69, 9.17) is 26.1 Å². The van der Waals surface area contributed by atoms with Gasteiger partial charge in [-0.05, 0) is 59.8 Å². The third-order valence-corrected chi connectivity index (χ3v) is 4.33. The van der Waals surface area contributed by atoms with Gasteiger partial charge in [-0.3, -0.25) is 0 Å². The van der Waals surface area contributed by atoms with E-state index in [0.717, 1.165) is 11.1 Å². The Bertz CT molecular complexity index is 1180. The normalized spacial score (nSPS) is 11.4. The van der Waals surface area contributed by atoms with Crippen LogP contribution in [0.4, 0.5) is 0 Å². The van der Waals surface area contributed by atoms with Crippen LogP contribution in [0.1, 0.15) is 22.9 Å². The zero-order valence-electron chi connectivity index (χ0n) is 16.7. The number of nitrogens with zero attached hydrogens (tertiary/aromatic N) is 4. The van der Waals surface area contributed by atoms with Crippen LogP contribution in [0.25, 0.3) is 23.3 Å². The molecule has 3 aromatic rings. The molecule has 152 valence electrons. The summed E-state index contributed by atoms with van der Waals surface area (Å²) in [6, 6.07) is 18.3. The fourth-order valence-corrected chi connectivity index (χ4v) is 2.75. The van der Waals surface area contributed by atoms with E-state index in [9.17, 15) is 10.5 Å². The second-order valence-electron chi connectivity index (χ2n) is 6.10. The molecule has 0 unspecified atom stereocenters. The molecule has 0 saturated heterocycles. The van der Waals surface area contributed by atoms with E-state index in [1.54, 1.807) is 74.9 Å². The van der Waals surface area contributed by atoms with Crippen LogP contribution in [-0.4, -0.2) is 24.2 Å². The first kappa shape index (κ1) is 21.4. The van der Waals surface area contributed by atoms with Crippen molar-refractivity contribution in [1.29, 1.82) is 10.5 Å². The molecule has 31 heavy (non-hydrogen) atoms. The summed E-state index contributed by atoms with van der Waals surface area (Å²) in [7, 11) is 3.15. The van der Waals surface area contributed by atoms with Gasteiger partial charge in [-0.15, -0.1) is 0 Å². The van der Waals surface area contributed by atoms with Gasteiger partial charge in [0.15, 0.2) is 0 Å². The lowest BCUT2D eigenvalue weighted by Crippen LogP contribution is -1.97. The molecule has 0 N–H and O–H groups in total. The quantitative estimate of drug-likeness (QED) is 0.401. The maximum atomic E-state index is 9.61. The Morgan fingerprint density at radius 3 is 1.52 bits per heavy atom. The molecule has 0 spiro atoms. The molecular weight excluding hydrogens is 412 g/mol. The number of hydrogen-bond donors (Lipinski definition) is 0. The standard InChI is InChI=1S/C23H16N4O3S/c1-28-19-7-3-15(4-8-19)11-17(13-24)21-26-23(31)27-22(30-21)18(14-25)12-16-5-9-20(29-2)10-6-16/h3-12H,1-2H3/b17-11+,18-12+. The molecule has 0 aliphatic rings. The van der Waals surface area contributed by atoms with Crippen LogP contribution in [0, 0.1) is 27.4 Å². The van der Waals surface area contributed by atoms with Crippen LogP contribution in [0.3, 0.4) is 0 Å². The Morgan fingerprint density at radius 1 is 0.806 bits per heavy atom. The zero-order valence-corrected chi connectivity index (χ0v) is 17.5. The van der Waals surface area contributed by atoms with Gasteiger partial charge in [0.05, 0.1) is 14.2 Å². The van der Waals surface area contributed by atoms with Gasteiger partial charge < -0.3 is 13.9 Å². The van der Waals surface area contributed by atoms with Gasteiger partial charge in [-0.2, -0.15) is 20.5 Å². The Kier molecular flexibility index (Phi) is 6.89. The molecule has 0 radical (unpaired) electrons. The van der Waals surface area contributed by atoms with Crippen molar-refractivity contribution in [2.75, 3.05) is 14.2 Å². The number of hydrogen-bond acceptors (Lipinski definition) is 8. The fourth-order valence-electron chi connectivity index (χ4n) is 2.58. The van der Waals surface area contributed by atoms with Crippen molar-refractivity contribution in [3.8, 4) is 23.6 Å². The molecular formula is C23H16N4O3S. The summed E-state index contributed by atoms with van der Waals surface area (Å²) < 4.78 is 15.9. The summed E-state index contributed by atoms with van der Waals surface area (Å²) in [6.45, 7) is 0. The summed E-state index contributed by atoms with van der Waals surface area (Å²) in [5.74, 6) is 1.34. The van der Waals surface area contributed by atoms with Crippen molar-refractivity contribution in [3.05, 3.63) is 76.2 Å². The fraction of sp³-hybridized carbons (Fsp3) is 0.0870. The molecule has 7 nitrogen and oxygen atoms in total. The monoisotopic (exact) mass is 428 g/mol. The first-order valence-corrected chi connectivity index (χ1v) is 9.38. The van der Waals surface area contributed by atoms with E-state index in [0.29, 0.717) is 11.5 Å². The van der Waals surface area contributed by atoms with Gasteiger partial charge in [-0.1, -0.05) is 24.3 Å². The second-order valence-corrected chi connectivity index (χ2v) is 6.47. The molecule has 2 aromatic carbocycles. The van der Waals surface area contributed by atoms with Gasteiger partial charge in [0, 0.05) is 0 Å². The van der Waals surface area contributed by atoms with E-state index in [2.05, 4.69) is 22.1 Å². The summed E-state index contributed by atoms with van der Waals surface area (Å²) in [4.78, 5) is 8.10. The van der Waals surface area contributed by atoms with Crippen molar-refractivity contribution in [2.45, 2.75) is 0 Å². The van der Waals surface area contributed by atoms with Crippen molar-refractivity contribution >= 4 is 35.5 Å². The number of aromatic nitrogens is 2. The lowest BCUT2D eigenvalue weighted by atomic mass is 10.1. The molecule has 0 atom stereocenters. The predicted molar refractivity (Wildman–Crippen MR) is 118 cm³/mol. The molecule has 0 aliphatic heterocycles. The van der Waals surface area contributed by atoms with Gasteiger partial charge in [0.25, 0.3) is 0 Å². The predicted octanol–water partition coefficient (Wildman–Crippen LogP) is 4.94. The Balaban J connectivity index is 2.01. The summed E-state index contributed by atoms with van der Waals surface area (Å²) >= 11 is 5.13. The van der Waals surface area contributed by atoms with Gasteiger partial charge in [0.2, 0.25) is 16.6 Å². The van der Waals surface area contributed by atoms with Crippen molar-refractivity contribution in [3.63, 3.8) is 0 Å². The largest absolute Gasteiger partial charge is 0.497 e. The Morgan fingerprint density at radius 2 is 1.19 bits per heavy atom. The minimum atomic E-state index is -0.0389. The van der Waals surface area contributed by atoms with Crippen LogP contribution in [0.2, 0.25) is 0 Å². The SMILES string of the molecule is COc1ccc(/C=C(\C#N)c2nc(=S)nc(/C(C#N)=C/c3ccc(OC)cc3)o2)cc1. The molecule has 0 fully saturated rings. The van der Waals surface area contributed by atoms with E-state index >= 15 is 0 Å². The van der Waals surface area contributed by atoms with Gasteiger partial charge in [-0.25, -0.2) is 0 Å². The first-order chi connectivity index (χ1) is 15.1. The number of methoxy groups -OCH3 is 2. The Hall–Kier alpha value is -4.27. The maximum absolute atomic E-state index is 9.61. The molecule has 3 rings (SSSR count). The number of rotatable bonds is 6. The number of nitriles is 2. The minimum absolute atomic E-state index is 0.0239. The molecule has 1 heterocycles. The molecule has 0 saturated carbocycles. The highest BCUT2D eigenvalue weighted by molar-refractivity contribution is 7.71. The topological polar surface area (TPSA) is 105 Å². The number of benzene rings is 2. The molecule has 0 amide bonds. The van der Waals surface area contributed by atoms with Gasteiger partial charge in [0.1, 0.15) is 34.8 Å². The molecule has 1 aromatic heterocycles. The zero-order chi connectivity index (χ0) is 22.2. The number of allylic oxidation sites excluding steroid dienone is 2. The minimum Gasteiger partial charge on any atom is -0.497 e. The van der Waals surface area contributed by atoms with E-state index < -0.39 is 0 Å². The van der Waals surface area contributed by atoms with Crippen LogP contribution in [0.15, 0.2) is 52.9 Å². The van der Waals surface area contributed by atoms with Gasteiger partial charge >= 0.3 is 0 Å². The third kappa shape index (κ3) is 5.41. The van der Waals surface area contributed by atoms with Crippen LogP contribution < -0.4 is 9.47 Å². The van der Waals surface area contributed by atoms with Crippen LogP contribution >= 0.6 is 12.2 Å². The lowest BCUT2D eigenvalue weighted by Gasteiger charge is -2.03.